The summed E-state index contributed by atoms with van der Waals surface area (Å²) in [6.07, 6.45) is 1.72. The highest BCUT2D eigenvalue weighted by molar-refractivity contribution is 9.10. The maximum Gasteiger partial charge on any atom is 0.325 e. The molecule has 1 amide bonds. The number of aromatic nitrogens is 1. The molecule has 1 saturated heterocycles. The van der Waals surface area contributed by atoms with Crippen LogP contribution in [-0.4, -0.2) is 94.1 Å². The average molecular weight is 495 g/mol. The number of fused-ring (bicyclic) bond motifs is 1. The molecule has 0 bridgehead atoms. The summed E-state index contributed by atoms with van der Waals surface area (Å²) in [5.41, 5.74) is 1.45. The van der Waals surface area contributed by atoms with Crippen LogP contribution in [0.5, 0.6) is 0 Å². The minimum absolute atomic E-state index is 0.0234. The predicted molar refractivity (Wildman–Crippen MR) is 119 cm³/mol. The van der Waals surface area contributed by atoms with E-state index in [1.54, 1.807) is 25.2 Å². The number of aliphatic carboxylic acids is 2. The third-order valence-corrected chi connectivity index (χ3v) is 6.09. The Morgan fingerprint density at radius 1 is 1.13 bits per heavy atom. The van der Waals surface area contributed by atoms with Gasteiger partial charge in [0, 0.05) is 74.0 Å². The lowest BCUT2D eigenvalue weighted by Gasteiger charge is -2.37. The molecular formula is C21H27BrN4O5. The van der Waals surface area contributed by atoms with Crippen LogP contribution in [0, 0.1) is 0 Å². The molecule has 1 aromatic heterocycles. The first-order chi connectivity index (χ1) is 14.7. The lowest BCUT2D eigenvalue weighted by atomic mass is 10.0. The normalized spacial score (nSPS) is 16.4. The molecule has 3 rings (SSSR count). The van der Waals surface area contributed by atoms with Crippen molar-refractivity contribution in [3.8, 4) is 0 Å². The summed E-state index contributed by atoms with van der Waals surface area (Å²) in [4.78, 5) is 40.8. The first-order valence-electron chi connectivity index (χ1n) is 10.1. The van der Waals surface area contributed by atoms with Crippen molar-refractivity contribution in [3.05, 3.63) is 34.4 Å². The van der Waals surface area contributed by atoms with Gasteiger partial charge >= 0.3 is 11.9 Å². The molecule has 2 heterocycles. The van der Waals surface area contributed by atoms with E-state index in [1.165, 1.54) is 0 Å². The number of nitrogens with zero attached hydrogens (tertiary/aromatic N) is 4. The van der Waals surface area contributed by atoms with Gasteiger partial charge in [-0.3, -0.25) is 24.2 Å². The average Bonchev–Trinajstić information content (AvgIpc) is 3.04. The largest absolute Gasteiger partial charge is 0.481 e. The second-order valence-corrected chi connectivity index (χ2v) is 8.84. The van der Waals surface area contributed by atoms with Gasteiger partial charge in [-0.2, -0.15) is 0 Å². The number of aryl methyl sites for hydroxylation is 1. The molecule has 10 heteroatoms. The molecule has 0 radical (unpaired) electrons. The van der Waals surface area contributed by atoms with Gasteiger partial charge in [-0.1, -0.05) is 22.0 Å². The number of amides is 1. The Morgan fingerprint density at radius 3 is 2.39 bits per heavy atom. The fourth-order valence-electron chi connectivity index (χ4n) is 3.91. The van der Waals surface area contributed by atoms with Crippen LogP contribution in [0.15, 0.2) is 28.9 Å². The molecule has 1 atom stereocenters. The number of rotatable bonds is 8. The van der Waals surface area contributed by atoms with E-state index in [9.17, 15) is 19.5 Å². The Hall–Kier alpha value is -2.43. The van der Waals surface area contributed by atoms with Crippen molar-refractivity contribution in [1.29, 1.82) is 0 Å². The Morgan fingerprint density at radius 2 is 1.81 bits per heavy atom. The van der Waals surface area contributed by atoms with Gasteiger partial charge < -0.3 is 19.7 Å². The van der Waals surface area contributed by atoms with Gasteiger partial charge in [0.2, 0.25) is 5.91 Å². The van der Waals surface area contributed by atoms with Crippen LogP contribution in [0.4, 0.5) is 0 Å². The van der Waals surface area contributed by atoms with Crippen LogP contribution < -0.4 is 0 Å². The molecule has 0 saturated carbocycles. The van der Waals surface area contributed by atoms with Gasteiger partial charge in [-0.05, 0) is 12.1 Å². The van der Waals surface area contributed by atoms with Crippen LogP contribution in [0.2, 0.25) is 0 Å². The quantitative estimate of drug-likeness (QED) is 0.575. The number of carboxylic acids is 2. The summed E-state index contributed by atoms with van der Waals surface area (Å²) < 4.78 is 2.65. The molecule has 31 heavy (non-hydrogen) atoms. The van der Waals surface area contributed by atoms with Crippen molar-refractivity contribution in [1.82, 2.24) is 19.3 Å². The fourth-order valence-corrected chi connectivity index (χ4v) is 4.26. The zero-order valence-corrected chi connectivity index (χ0v) is 19.2. The summed E-state index contributed by atoms with van der Waals surface area (Å²) >= 11 is 3.44. The standard InChI is InChI=1S/C21H27BrN4O5/c1-23(2)18(27)13-24-7-9-25(10-8-24)20(21(30)31)16-12-26(6-5-19(28)29)17-11-14(22)3-4-15(16)17/h3-4,11-12,20H,5-10,13H2,1-2H3,(H,28,29)(H,30,31)/t20-/m1/s1. The molecule has 1 fully saturated rings. The third-order valence-electron chi connectivity index (χ3n) is 5.60. The summed E-state index contributed by atoms with van der Waals surface area (Å²) in [5, 5.41) is 19.9. The second kappa shape index (κ2) is 9.80. The number of carbonyl (C=O) groups excluding carboxylic acids is 1. The topological polar surface area (TPSA) is 106 Å². The van der Waals surface area contributed by atoms with Crippen molar-refractivity contribution in [2.75, 3.05) is 46.8 Å². The van der Waals surface area contributed by atoms with Gasteiger partial charge in [-0.15, -0.1) is 0 Å². The highest BCUT2D eigenvalue weighted by Gasteiger charge is 2.33. The molecular weight excluding hydrogens is 468 g/mol. The molecule has 1 aliphatic heterocycles. The lowest BCUT2D eigenvalue weighted by molar-refractivity contribution is -0.145. The minimum Gasteiger partial charge on any atom is -0.481 e. The zero-order chi connectivity index (χ0) is 22.7. The van der Waals surface area contributed by atoms with Gasteiger partial charge in [-0.25, -0.2) is 0 Å². The molecule has 0 spiro atoms. The van der Waals surface area contributed by atoms with Crippen LogP contribution in [-0.2, 0) is 20.9 Å². The molecule has 168 valence electrons. The van der Waals surface area contributed by atoms with Crippen LogP contribution >= 0.6 is 15.9 Å². The summed E-state index contributed by atoms with van der Waals surface area (Å²) in [5.74, 6) is -1.83. The van der Waals surface area contributed by atoms with Crippen molar-refractivity contribution >= 4 is 44.7 Å². The second-order valence-electron chi connectivity index (χ2n) is 7.92. The summed E-state index contributed by atoms with van der Waals surface area (Å²) in [6, 6.07) is 4.76. The van der Waals surface area contributed by atoms with E-state index in [1.807, 2.05) is 32.6 Å². The maximum atomic E-state index is 12.3. The minimum atomic E-state index is -0.946. The highest BCUT2D eigenvalue weighted by atomic mass is 79.9. The van der Waals surface area contributed by atoms with Crippen LogP contribution in [0.3, 0.4) is 0 Å². The van der Waals surface area contributed by atoms with Crippen molar-refractivity contribution < 1.29 is 24.6 Å². The Bertz CT molecular complexity index is 982. The summed E-state index contributed by atoms with van der Waals surface area (Å²) in [6.45, 7) is 2.83. The smallest absolute Gasteiger partial charge is 0.325 e. The maximum absolute atomic E-state index is 12.3. The molecule has 1 aromatic carbocycles. The van der Waals surface area contributed by atoms with Crippen LogP contribution in [0.25, 0.3) is 10.9 Å². The van der Waals surface area contributed by atoms with E-state index in [0.717, 1.165) is 15.4 Å². The van der Waals surface area contributed by atoms with Gasteiger partial charge in [0.1, 0.15) is 6.04 Å². The number of carboxylic acid groups (broad SMARTS) is 2. The van der Waals surface area contributed by atoms with Crippen molar-refractivity contribution in [3.63, 3.8) is 0 Å². The molecule has 2 aromatic rings. The van der Waals surface area contributed by atoms with E-state index >= 15 is 0 Å². The highest BCUT2D eigenvalue weighted by Crippen LogP contribution is 2.33. The molecule has 0 aliphatic carbocycles. The number of piperazine rings is 1. The van der Waals surface area contributed by atoms with E-state index in [4.69, 9.17) is 5.11 Å². The lowest BCUT2D eigenvalue weighted by Crippen LogP contribution is -2.51. The Labute approximate surface area is 188 Å². The van der Waals surface area contributed by atoms with E-state index in [-0.39, 0.29) is 18.9 Å². The van der Waals surface area contributed by atoms with E-state index < -0.39 is 18.0 Å². The number of benzene rings is 1. The Balaban J connectivity index is 1.86. The van der Waals surface area contributed by atoms with Crippen molar-refractivity contribution in [2.45, 2.75) is 19.0 Å². The summed E-state index contributed by atoms with van der Waals surface area (Å²) in [7, 11) is 3.44. The first-order valence-corrected chi connectivity index (χ1v) is 10.9. The number of likely N-dealkylation sites (N-methyl/N-ethyl adjacent to an activating group) is 1. The third kappa shape index (κ3) is 5.44. The van der Waals surface area contributed by atoms with Crippen molar-refractivity contribution in [2.24, 2.45) is 0 Å². The molecule has 9 nitrogen and oxygen atoms in total. The van der Waals surface area contributed by atoms with Gasteiger partial charge in [0.05, 0.1) is 13.0 Å². The predicted octanol–water partition coefficient (Wildman–Crippen LogP) is 1.71. The number of halogens is 1. The number of carbonyl (C=O) groups is 3. The first kappa shape index (κ1) is 23.2. The zero-order valence-electron chi connectivity index (χ0n) is 17.6. The van der Waals surface area contributed by atoms with E-state index in [2.05, 4.69) is 15.9 Å². The van der Waals surface area contributed by atoms with Crippen LogP contribution in [0.1, 0.15) is 18.0 Å². The monoisotopic (exact) mass is 494 g/mol. The van der Waals surface area contributed by atoms with Gasteiger partial charge in [0.25, 0.3) is 0 Å². The van der Waals surface area contributed by atoms with Gasteiger partial charge in [0.15, 0.2) is 0 Å². The molecule has 1 aliphatic rings. The fraction of sp³-hybridized carbons (Fsp3) is 0.476. The number of hydrogen-bond acceptors (Lipinski definition) is 5. The number of hydrogen-bond donors (Lipinski definition) is 2. The Kier molecular flexibility index (Phi) is 7.34. The SMILES string of the molecule is CN(C)C(=O)CN1CCN([C@@H](C(=O)O)c2cn(CCC(=O)O)c3cc(Br)ccc23)CC1. The molecule has 2 N–H and O–H groups in total. The molecule has 0 unspecified atom stereocenters. The van der Waals surface area contributed by atoms with E-state index in [0.29, 0.717) is 38.3 Å².